The molecule has 0 saturated heterocycles. The van der Waals surface area contributed by atoms with E-state index in [1.165, 1.54) is 0 Å². The van der Waals surface area contributed by atoms with E-state index in [0.717, 1.165) is 35.9 Å². The van der Waals surface area contributed by atoms with Gasteiger partial charge in [-0.05, 0) is 37.6 Å². The lowest BCUT2D eigenvalue weighted by Crippen LogP contribution is -2.23. The maximum Gasteiger partial charge on any atom is 0.129 e. The van der Waals surface area contributed by atoms with Crippen LogP contribution in [0.15, 0.2) is 36.5 Å². The van der Waals surface area contributed by atoms with Gasteiger partial charge in [0.25, 0.3) is 0 Å². The normalized spacial score (nSPS) is 10.5. The van der Waals surface area contributed by atoms with Crippen LogP contribution in [0.5, 0.6) is 0 Å². The molecular weight excluding hydrogens is 258 g/mol. The van der Waals surface area contributed by atoms with Crippen molar-refractivity contribution in [3.8, 4) is 0 Å². The zero-order valence-electron chi connectivity index (χ0n) is 11.3. The molecular formula is C15H18ClN3. The lowest BCUT2D eigenvalue weighted by Gasteiger charge is -2.22. The Labute approximate surface area is 119 Å². The predicted octanol–water partition coefficient (Wildman–Crippen LogP) is 3.55. The molecule has 0 fully saturated rings. The first-order valence-electron chi connectivity index (χ1n) is 6.42. The van der Waals surface area contributed by atoms with E-state index in [1.807, 2.05) is 43.5 Å². The maximum absolute atomic E-state index is 5.86. The number of halogens is 1. The molecule has 4 heteroatoms. The highest BCUT2D eigenvalue weighted by molar-refractivity contribution is 6.17. The van der Waals surface area contributed by atoms with Crippen LogP contribution in [0.25, 0.3) is 0 Å². The van der Waals surface area contributed by atoms with Gasteiger partial charge < -0.3 is 4.90 Å². The van der Waals surface area contributed by atoms with E-state index in [9.17, 15) is 0 Å². The van der Waals surface area contributed by atoms with Gasteiger partial charge >= 0.3 is 0 Å². The number of aryl methyl sites for hydroxylation is 1. The Morgan fingerprint density at radius 3 is 2.63 bits per heavy atom. The summed E-state index contributed by atoms with van der Waals surface area (Å²) in [6, 6.07) is 10.0. The molecule has 0 aliphatic carbocycles. The molecule has 3 nitrogen and oxygen atoms in total. The molecule has 2 aromatic rings. The highest BCUT2D eigenvalue weighted by Gasteiger charge is 2.09. The van der Waals surface area contributed by atoms with Crippen LogP contribution in [0.4, 0.5) is 5.82 Å². The van der Waals surface area contributed by atoms with Crippen molar-refractivity contribution in [1.29, 1.82) is 0 Å². The number of hydrogen-bond donors (Lipinski definition) is 0. The minimum absolute atomic E-state index is 0.505. The average molecular weight is 276 g/mol. The first kappa shape index (κ1) is 13.8. The molecule has 2 heterocycles. The van der Waals surface area contributed by atoms with E-state index in [2.05, 4.69) is 21.8 Å². The second kappa shape index (κ2) is 6.53. The van der Waals surface area contributed by atoms with Crippen molar-refractivity contribution in [2.45, 2.75) is 26.3 Å². The summed E-state index contributed by atoms with van der Waals surface area (Å²) >= 11 is 5.86. The summed E-state index contributed by atoms with van der Waals surface area (Å²) in [4.78, 5) is 11.2. The van der Waals surface area contributed by atoms with Gasteiger partial charge in [-0.3, -0.25) is 4.98 Å². The van der Waals surface area contributed by atoms with E-state index in [0.29, 0.717) is 5.88 Å². The molecule has 0 aliphatic rings. The molecule has 0 atom stereocenters. The molecule has 0 spiro atoms. The zero-order valence-corrected chi connectivity index (χ0v) is 12.1. The van der Waals surface area contributed by atoms with Gasteiger partial charge in [-0.2, -0.15) is 0 Å². The number of rotatable bonds is 5. The lowest BCUT2D eigenvalue weighted by molar-refractivity contribution is 0.790. The highest BCUT2D eigenvalue weighted by atomic mass is 35.5. The monoisotopic (exact) mass is 275 g/mol. The van der Waals surface area contributed by atoms with Crippen molar-refractivity contribution < 1.29 is 0 Å². The van der Waals surface area contributed by atoms with Crippen LogP contribution in [0.3, 0.4) is 0 Å². The van der Waals surface area contributed by atoms with E-state index in [1.54, 1.807) is 0 Å². The van der Waals surface area contributed by atoms with Crippen LogP contribution >= 0.6 is 11.6 Å². The fourth-order valence-corrected chi connectivity index (χ4v) is 2.22. The largest absolute Gasteiger partial charge is 0.351 e. The molecule has 100 valence electrons. The molecule has 2 rings (SSSR count). The van der Waals surface area contributed by atoms with Gasteiger partial charge in [0.2, 0.25) is 0 Å². The first-order chi connectivity index (χ1) is 9.24. The Balaban J connectivity index is 2.20. The fraction of sp³-hybridized carbons (Fsp3) is 0.333. The summed E-state index contributed by atoms with van der Waals surface area (Å²) in [5, 5.41) is 0. The third-order valence-electron chi connectivity index (χ3n) is 3.11. The van der Waals surface area contributed by atoms with Crippen LogP contribution in [0, 0.1) is 6.92 Å². The minimum atomic E-state index is 0.505. The van der Waals surface area contributed by atoms with Gasteiger partial charge in [0.1, 0.15) is 5.82 Å². The van der Waals surface area contributed by atoms with Gasteiger partial charge in [-0.25, -0.2) is 4.98 Å². The van der Waals surface area contributed by atoms with Gasteiger partial charge in [-0.15, -0.1) is 11.6 Å². The molecule has 0 aromatic carbocycles. The second-order valence-electron chi connectivity index (χ2n) is 4.38. The SMILES string of the molecule is CCN(Cc1ccccn1)c1ccc(CCl)c(C)n1. The Morgan fingerprint density at radius 2 is 2.05 bits per heavy atom. The first-order valence-corrected chi connectivity index (χ1v) is 6.95. The van der Waals surface area contributed by atoms with Crippen molar-refractivity contribution in [2.24, 2.45) is 0 Å². The van der Waals surface area contributed by atoms with Crippen molar-refractivity contribution in [2.75, 3.05) is 11.4 Å². The zero-order chi connectivity index (χ0) is 13.7. The summed E-state index contributed by atoms with van der Waals surface area (Å²) in [6.45, 7) is 5.78. The molecule has 0 unspecified atom stereocenters. The van der Waals surface area contributed by atoms with Crippen LogP contribution in [0.2, 0.25) is 0 Å². The fourth-order valence-electron chi connectivity index (χ4n) is 1.94. The predicted molar refractivity (Wildman–Crippen MR) is 79.5 cm³/mol. The number of anilines is 1. The van der Waals surface area contributed by atoms with Crippen molar-refractivity contribution in [1.82, 2.24) is 9.97 Å². The number of pyridine rings is 2. The Morgan fingerprint density at radius 1 is 1.21 bits per heavy atom. The van der Waals surface area contributed by atoms with E-state index >= 15 is 0 Å². The van der Waals surface area contributed by atoms with Crippen LogP contribution < -0.4 is 4.90 Å². The smallest absolute Gasteiger partial charge is 0.129 e. The molecule has 0 bridgehead atoms. The van der Waals surface area contributed by atoms with Gasteiger partial charge in [-0.1, -0.05) is 12.1 Å². The molecule has 0 amide bonds. The molecule has 2 aromatic heterocycles. The van der Waals surface area contributed by atoms with E-state index in [-0.39, 0.29) is 0 Å². The van der Waals surface area contributed by atoms with E-state index in [4.69, 9.17) is 11.6 Å². The van der Waals surface area contributed by atoms with Crippen molar-refractivity contribution in [3.05, 3.63) is 53.5 Å². The summed E-state index contributed by atoms with van der Waals surface area (Å²) in [7, 11) is 0. The summed E-state index contributed by atoms with van der Waals surface area (Å²) < 4.78 is 0. The van der Waals surface area contributed by atoms with Crippen molar-refractivity contribution in [3.63, 3.8) is 0 Å². The molecule has 0 saturated carbocycles. The third-order valence-corrected chi connectivity index (χ3v) is 3.40. The summed E-state index contributed by atoms with van der Waals surface area (Å²) in [5.74, 6) is 1.48. The van der Waals surface area contributed by atoms with Crippen molar-refractivity contribution >= 4 is 17.4 Å². The Hall–Kier alpha value is -1.61. The number of nitrogens with zero attached hydrogens (tertiary/aromatic N) is 3. The minimum Gasteiger partial charge on any atom is -0.351 e. The standard InChI is InChI=1S/C15H18ClN3/c1-3-19(11-14-6-4-5-9-17-14)15-8-7-13(10-16)12(2)18-15/h4-9H,3,10-11H2,1-2H3. The van der Waals surface area contributed by atoms with Crippen LogP contribution in [0.1, 0.15) is 23.9 Å². The van der Waals surface area contributed by atoms with Crippen LogP contribution in [-0.4, -0.2) is 16.5 Å². The summed E-state index contributed by atoms with van der Waals surface area (Å²) in [6.07, 6.45) is 1.82. The third kappa shape index (κ3) is 3.44. The molecule has 0 radical (unpaired) electrons. The Bertz CT molecular complexity index is 528. The molecule has 0 aliphatic heterocycles. The average Bonchev–Trinajstić information content (AvgIpc) is 2.46. The van der Waals surface area contributed by atoms with Gasteiger partial charge in [0.15, 0.2) is 0 Å². The molecule has 19 heavy (non-hydrogen) atoms. The number of aromatic nitrogens is 2. The Kier molecular flexibility index (Phi) is 4.74. The second-order valence-corrected chi connectivity index (χ2v) is 4.65. The van der Waals surface area contributed by atoms with Crippen LogP contribution in [-0.2, 0) is 12.4 Å². The van der Waals surface area contributed by atoms with Gasteiger partial charge in [0.05, 0.1) is 12.2 Å². The molecule has 0 N–H and O–H groups in total. The summed E-state index contributed by atoms with van der Waals surface area (Å²) in [5.41, 5.74) is 3.12. The van der Waals surface area contributed by atoms with E-state index < -0.39 is 0 Å². The quantitative estimate of drug-likeness (QED) is 0.782. The maximum atomic E-state index is 5.86. The number of alkyl halides is 1. The topological polar surface area (TPSA) is 29.0 Å². The van der Waals surface area contributed by atoms with Gasteiger partial charge in [0, 0.05) is 24.3 Å². The number of hydrogen-bond acceptors (Lipinski definition) is 3. The highest BCUT2D eigenvalue weighted by Crippen LogP contribution is 2.17. The lowest BCUT2D eigenvalue weighted by atomic mass is 10.2.